The van der Waals surface area contributed by atoms with Gasteiger partial charge in [-0.2, -0.15) is 12.7 Å². The zero-order valence-corrected chi connectivity index (χ0v) is 19.9. The summed E-state index contributed by atoms with van der Waals surface area (Å²) in [6, 6.07) is 9.50. The van der Waals surface area contributed by atoms with E-state index >= 15 is 0 Å². The largest absolute Gasteiger partial charge is 0.391 e. The lowest BCUT2D eigenvalue weighted by molar-refractivity contribution is 0.117. The number of hydrogen-bond donors (Lipinski definition) is 3. The predicted octanol–water partition coefficient (Wildman–Crippen LogP) is 2.20. The van der Waals surface area contributed by atoms with Crippen molar-refractivity contribution in [1.29, 1.82) is 0 Å². The van der Waals surface area contributed by atoms with Gasteiger partial charge in [0.15, 0.2) is 0 Å². The van der Waals surface area contributed by atoms with Gasteiger partial charge in [0.25, 0.3) is 0 Å². The monoisotopic (exact) mass is 487 g/mol. The minimum atomic E-state index is -4.39. The average molecular weight is 488 g/mol. The molecule has 1 fully saturated rings. The van der Waals surface area contributed by atoms with Gasteiger partial charge in [-0.25, -0.2) is 9.97 Å². The highest BCUT2D eigenvalue weighted by Gasteiger charge is 2.40. The van der Waals surface area contributed by atoms with Crippen molar-refractivity contribution in [2.24, 2.45) is 5.92 Å². The fourth-order valence-corrected chi connectivity index (χ4v) is 6.10. The molecule has 3 N–H and O–H groups in total. The van der Waals surface area contributed by atoms with Crippen LogP contribution in [0.1, 0.15) is 36.1 Å². The molecule has 10 nitrogen and oxygen atoms in total. The van der Waals surface area contributed by atoms with Crippen LogP contribution in [0.25, 0.3) is 11.0 Å². The van der Waals surface area contributed by atoms with Crippen LogP contribution in [0, 0.1) is 5.92 Å². The Morgan fingerprint density at radius 3 is 2.79 bits per heavy atom. The number of nitrogens with one attached hydrogen (secondary N) is 1. The average Bonchev–Trinajstić information content (AvgIpc) is 3.49. The Morgan fingerprint density at radius 1 is 1.24 bits per heavy atom. The van der Waals surface area contributed by atoms with Gasteiger partial charge in [-0.3, -0.25) is 4.55 Å². The van der Waals surface area contributed by atoms with E-state index in [1.165, 1.54) is 24.5 Å². The molecule has 0 unspecified atom stereocenters. The molecule has 1 aromatic carbocycles. The van der Waals surface area contributed by atoms with E-state index in [0.717, 1.165) is 21.9 Å². The third kappa shape index (κ3) is 4.07. The van der Waals surface area contributed by atoms with Crippen LogP contribution in [-0.4, -0.2) is 69.8 Å². The molecule has 0 aliphatic heterocycles. The Hall–Kier alpha value is -2.57. The lowest BCUT2D eigenvalue weighted by Crippen LogP contribution is -2.41. The van der Waals surface area contributed by atoms with Crippen LogP contribution < -0.4 is 5.32 Å². The normalized spacial score (nSPS) is 26.9. The number of aromatic nitrogens is 3. The summed E-state index contributed by atoms with van der Waals surface area (Å²) in [7, 11) is -1.40. The highest BCUT2D eigenvalue weighted by molar-refractivity contribution is 7.83. The first-order valence-corrected chi connectivity index (χ1v) is 12.7. The summed E-state index contributed by atoms with van der Waals surface area (Å²) < 4.78 is 40.8. The lowest BCUT2D eigenvalue weighted by Gasteiger charge is -2.23. The number of aliphatic hydroxyl groups is 1. The van der Waals surface area contributed by atoms with Crippen LogP contribution in [-0.2, 0) is 21.5 Å². The zero-order chi connectivity index (χ0) is 24.0. The molecule has 5 rings (SSSR count). The van der Waals surface area contributed by atoms with Crippen LogP contribution in [0.4, 0.5) is 5.82 Å². The Bertz CT molecular complexity index is 1300. The topological polar surface area (TPSA) is 130 Å². The second kappa shape index (κ2) is 8.90. The number of methoxy groups -OCH3 is 1. The second-order valence-corrected chi connectivity index (χ2v) is 10.6. The number of benzene rings is 1. The quantitative estimate of drug-likeness (QED) is 0.433. The van der Waals surface area contributed by atoms with E-state index in [-0.39, 0.29) is 18.0 Å². The third-order valence-corrected chi connectivity index (χ3v) is 8.22. The van der Waals surface area contributed by atoms with Crippen molar-refractivity contribution in [1.82, 2.24) is 18.8 Å². The van der Waals surface area contributed by atoms with Gasteiger partial charge in [0, 0.05) is 32.3 Å². The van der Waals surface area contributed by atoms with Crippen molar-refractivity contribution in [2.75, 3.05) is 26.1 Å². The molecule has 0 amide bonds. The van der Waals surface area contributed by atoms with Crippen LogP contribution in [0.3, 0.4) is 0 Å². The molecule has 11 heteroatoms. The number of nitrogens with zero attached hydrogens (tertiary/aromatic N) is 4. The van der Waals surface area contributed by atoms with E-state index in [0.29, 0.717) is 25.1 Å². The van der Waals surface area contributed by atoms with Crippen molar-refractivity contribution >= 4 is 27.2 Å². The summed E-state index contributed by atoms with van der Waals surface area (Å²) in [5, 5.41) is 15.0. The number of ether oxygens (including phenoxy) is 1. The van der Waals surface area contributed by atoms with E-state index in [1.807, 2.05) is 22.9 Å². The standard InChI is InChI=1S/C23H29N5O5S/c1-27(34(30,31)32)19-10-16(11-20(19)29)28-8-7-18-22(24-13-25-23(18)28)26-21-15(12-33-2)9-14-5-3-4-6-17(14)21/h3-8,13,15-16,19-21,29H,9-12H2,1-2H3,(H,24,25,26)(H,30,31,32)/t15-,16-,19+,20+,21+/m0/s1. The number of fused-ring (bicyclic) bond motifs is 2. The van der Waals surface area contributed by atoms with Crippen LogP contribution in [0.2, 0.25) is 0 Å². The molecular formula is C23H29N5O5S. The van der Waals surface area contributed by atoms with Crippen molar-refractivity contribution in [2.45, 2.75) is 43.5 Å². The number of anilines is 1. The van der Waals surface area contributed by atoms with E-state index < -0.39 is 22.4 Å². The van der Waals surface area contributed by atoms with E-state index in [2.05, 4.69) is 33.5 Å². The number of likely N-dealkylation sites (N-methyl/N-ethyl adjacent to an activating group) is 1. The van der Waals surface area contributed by atoms with Gasteiger partial charge in [-0.05, 0) is 36.5 Å². The number of rotatable bonds is 7. The summed E-state index contributed by atoms with van der Waals surface area (Å²) in [6.07, 6.45) is 4.17. The van der Waals surface area contributed by atoms with Gasteiger partial charge in [0.05, 0.1) is 30.2 Å². The van der Waals surface area contributed by atoms with Crippen molar-refractivity contribution in [3.8, 4) is 0 Å². The molecule has 3 aromatic rings. The summed E-state index contributed by atoms with van der Waals surface area (Å²) in [5.41, 5.74) is 3.25. The summed E-state index contributed by atoms with van der Waals surface area (Å²) in [5.74, 6) is 0.993. The molecule has 5 atom stereocenters. The van der Waals surface area contributed by atoms with Crippen molar-refractivity contribution in [3.63, 3.8) is 0 Å². The van der Waals surface area contributed by atoms with Crippen LogP contribution in [0.15, 0.2) is 42.9 Å². The predicted molar refractivity (Wildman–Crippen MR) is 127 cm³/mol. The van der Waals surface area contributed by atoms with Gasteiger partial charge in [0.2, 0.25) is 0 Å². The minimum absolute atomic E-state index is 0.0543. The minimum Gasteiger partial charge on any atom is -0.391 e. The van der Waals surface area contributed by atoms with Crippen LogP contribution >= 0.6 is 0 Å². The maximum atomic E-state index is 11.6. The highest BCUT2D eigenvalue weighted by Crippen LogP contribution is 2.40. The van der Waals surface area contributed by atoms with Gasteiger partial charge >= 0.3 is 10.3 Å². The molecule has 2 aliphatic rings. The van der Waals surface area contributed by atoms with Crippen LogP contribution in [0.5, 0.6) is 0 Å². The van der Waals surface area contributed by atoms with E-state index in [1.54, 1.807) is 7.11 Å². The van der Waals surface area contributed by atoms with Gasteiger partial charge in [-0.1, -0.05) is 24.3 Å². The summed E-state index contributed by atoms with van der Waals surface area (Å²) >= 11 is 0. The summed E-state index contributed by atoms with van der Waals surface area (Å²) in [6.45, 7) is 0.629. The van der Waals surface area contributed by atoms with Gasteiger partial charge < -0.3 is 19.7 Å². The molecule has 0 radical (unpaired) electrons. The molecule has 0 saturated heterocycles. The summed E-state index contributed by atoms with van der Waals surface area (Å²) in [4.78, 5) is 9.01. The van der Waals surface area contributed by atoms with Crippen molar-refractivity contribution in [3.05, 3.63) is 54.0 Å². The first-order valence-electron chi connectivity index (χ1n) is 11.3. The van der Waals surface area contributed by atoms with Gasteiger partial charge in [-0.15, -0.1) is 0 Å². The maximum absolute atomic E-state index is 11.6. The first-order chi connectivity index (χ1) is 16.3. The fraction of sp³-hybridized carbons (Fsp3) is 0.478. The highest BCUT2D eigenvalue weighted by atomic mass is 32.2. The third-order valence-electron chi connectivity index (χ3n) is 7.22. The SMILES string of the molecule is COC[C@@H]1Cc2ccccc2[C@@H]1Nc1ncnc2c1ccn2[C@@H]1C[C@@H](O)[C@H](N(C)S(=O)(=O)O)C1. The molecule has 2 heterocycles. The molecule has 182 valence electrons. The Balaban J connectivity index is 1.44. The maximum Gasteiger partial charge on any atom is 0.335 e. The van der Waals surface area contributed by atoms with Gasteiger partial charge in [0.1, 0.15) is 17.8 Å². The number of hydrogen-bond acceptors (Lipinski definition) is 7. The molecule has 0 spiro atoms. The second-order valence-electron chi connectivity index (χ2n) is 9.18. The Kier molecular flexibility index (Phi) is 6.07. The zero-order valence-electron chi connectivity index (χ0n) is 19.1. The molecule has 0 bridgehead atoms. The van der Waals surface area contributed by atoms with E-state index in [9.17, 15) is 18.1 Å². The molecule has 34 heavy (non-hydrogen) atoms. The smallest absolute Gasteiger partial charge is 0.335 e. The van der Waals surface area contributed by atoms with E-state index in [4.69, 9.17) is 4.74 Å². The molecular weight excluding hydrogens is 458 g/mol. The molecule has 2 aliphatic carbocycles. The Labute approximate surface area is 198 Å². The van der Waals surface area contributed by atoms with Crippen molar-refractivity contribution < 1.29 is 22.8 Å². The number of aliphatic hydroxyl groups excluding tert-OH is 1. The lowest BCUT2D eigenvalue weighted by atomic mass is 10.0. The molecule has 1 saturated carbocycles. The fourth-order valence-electron chi connectivity index (χ4n) is 5.53. The molecule has 2 aromatic heterocycles. The first kappa shape index (κ1) is 23.2. The Morgan fingerprint density at radius 2 is 2.03 bits per heavy atom.